The van der Waals surface area contributed by atoms with Crippen LogP contribution in [0, 0.1) is 13.8 Å². The Balaban J connectivity index is 1.03. The average Bonchev–Trinajstić information content (AvgIpc) is 3.57. The van der Waals surface area contributed by atoms with Crippen molar-refractivity contribution in [2.45, 2.75) is 27.0 Å². The molecule has 0 bridgehead atoms. The molecule has 1 fully saturated rings. The minimum absolute atomic E-state index is 0.0733. The number of hydrogen-bond donors (Lipinski definition) is 0. The Hall–Kier alpha value is -4.36. The van der Waals surface area contributed by atoms with E-state index in [1.165, 1.54) is 10.9 Å². The molecule has 1 aliphatic heterocycles. The number of amides is 1. The number of furan rings is 1. The van der Waals surface area contributed by atoms with Crippen LogP contribution in [0.1, 0.15) is 33.3 Å². The monoisotopic (exact) mass is 520 g/mol. The minimum atomic E-state index is -0.0733. The van der Waals surface area contributed by atoms with E-state index in [4.69, 9.17) is 14.3 Å². The Morgan fingerprint density at radius 1 is 0.872 bits per heavy atom. The number of ether oxygens (including phenoxy) is 1. The van der Waals surface area contributed by atoms with Crippen LogP contribution in [0.25, 0.3) is 16.5 Å². The first-order valence-corrected chi connectivity index (χ1v) is 13.4. The van der Waals surface area contributed by atoms with Gasteiger partial charge in [-0.1, -0.05) is 48.5 Å². The largest absolute Gasteiger partial charge is 0.486 e. The van der Waals surface area contributed by atoms with Gasteiger partial charge in [-0.15, -0.1) is 0 Å². The van der Waals surface area contributed by atoms with Gasteiger partial charge in [0.1, 0.15) is 18.1 Å². The van der Waals surface area contributed by atoms with Crippen LogP contribution in [-0.4, -0.2) is 51.7 Å². The van der Waals surface area contributed by atoms with Crippen molar-refractivity contribution in [1.29, 1.82) is 0 Å². The van der Waals surface area contributed by atoms with Gasteiger partial charge in [0.05, 0.1) is 11.4 Å². The molecule has 1 saturated heterocycles. The zero-order valence-electron chi connectivity index (χ0n) is 22.3. The van der Waals surface area contributed by atoms with Crippen molar-refractivity contribution in [3.05, 3.63) is 113 Å². The number of aromatic nitrogens is 2. The van der Waals surface area contributed by atoms with Crippen LogP contribution in [0.3, 0.4) is 0 Å². The van der Waals surface area contributed by atoms with Crippen molar-refractivity contribution in [3.63, 3.8) is 0 Å². The third kappa shape index (κ3) is 5.31. The summed E-state index contributed by atoms with van der Waals surface area (Å²) in [7, 11) is 0. The molecule has 0 spiro atoms. The van der Waals surface area contributed by atoms with Crippen molar-refractivity contribution >= 4 is 16.7 Å². The molecular formula is C32H32N4O3. The van der Waals surface area contributed by atoms with Gasteiger partial charge in [0.25, 0.3) is 5.91 Å². The van der Waals surface area contributed by atoms with Crippen LogP contribution in [0.4, 0.5) is 0 Å². The first kappa shape index (κ1) is 24.9. The number of benzene rings is 3. The summed E-state index contributed by atoms with van der Waals surface area (Å²) in [5.41, 5.74) is 4.52. The lowest BCUT2D eigenvalue weighted by Gasteiger charge is -2.34. The summed E-state index contributed by atoms with van der Waals surface area (Å²) in [6.45, 7) is 8.22. The van der Waals surface area contributed by atoms with Crippen LogP contribution in [0.5, 0.6) is 5.75 Å². The van der Waals surface area contributed by atoms with E-state index < -0.39 is 0 Å². The summed E-state index contributed by atoms with van der Waals surface area (Å²) >= 11 is 0. The fourth-order valence-electron chi connectivity index (χ4n) is 5.19. The van der Waals surface area contributed by atoms with Crippen LogP contribution < -0.4 is 4.74 Å². The zero-order valence-corrected chi connectivity index (χ0v) is 22.3. The number of rotatable bonds is 7. The molecule has 198 valence electrons. The topological polar surface area (TPSA) is 63.7 Å². The normalized spacial score (nSPS) is 14.2. The highest BCUT2D eigenvalue weighted by molar-refractivity contribution is 5.91. The summed E-state index contributed by atoms with van der Waals surface area (Å²) in [5, 5.41) is 7.08. The van der Waals surface area contributed by atoms with Crippen molar-refractivity contribution in [2.24, 2.45) is 0 Å². The Labute approximate surface area is 228 Å². The molecule has 1 amide bonds. The Morgan fingerprint density at radius 3 is 2.41 bits per heavy atom. The van der Waals surface area contributed by atoms with E-state index in [1.807, 2.05) is 64.2 Å². The van der Waals surface area contributed by atoms with Gasteiger partial charge in [-0.3, -0.25) is 9.69 Å². The summed E-state index contributed by atoms with van der Waals surface area (Å²) in [5.74, 6) is 1.69. The van der Waals surface area contributed by atoms with Crippen LogP contribution in [-0.2, 0) is 13.2 Å². The van der Waals surface area contributed by atoms with E-state index in [1.54, 1.807) is 6.07 Å². The number of carbonyl (C=O) groups is 1. The molecule has 5 aromatic rings. The van der Waals surface area contributed by atoms with Gasteiger partial charge in [0.15, 0.2) is 5.76 Å². The predicted molar refractivity (Wildman–Crippen MR) is 151 cm³/mol. The molecule has 2 aromatic heterocycles. The second-order valence-corrected chi connectivity index (χ2v) is 10.0. The van der Waals surface area contributed by atoms with Crippen molar-refractivity contribution in [1.82, 2.24) is 19.6 Å². The van der Waals surface area contributed by atoms with Gasteiger partial charge < -0.3 is 14.1 Å². The number of carbonyl (C=O) groups excluding carboxylic acids is 1. The number of piperazine rings is 1. The first-order valence-electron chi connectivity index (χ1n) is 13.4. The molecule has 0 saturated carbocycles. The summed E-state index contributed by atoms with van der Waals surface area (Å²) in [4.78, 5) is 17.4. The highest BCUT2D eigenvalue weighted by Crippen LogP contribution is 2.23. The number of para-hydroxylation sites is 1. The average molecular weight is 521 g/mol. The summed E-state index contributed by atoms with van der Waals surface area (Å²) < 4.78 is 13.8. The maximum Gasteiger partial charge on any atom is 0.289 e. The van der Waals surface area contributed by atoms with E-state index in [0.717, 1.165) is 47.8 Å². The number of nitrogens with zero attached hydrogens (tertiary/aromatic N) is 4. The van der Waals surface area contributed by atoms with Gasteiger partial charge in [-0.25, -0.2) is 4.68 Å². The van der Waals surface area contributed by atoms with Crippen molar-refractivity contribution in [3.8, 4) is 11.4 Å². The maximum absolute atomic E-state index is 13.1. The third-order valence-corrected chi connectivity index (χ3v) is 7.46. The molecule has 0 unspecified atom stereocenters. The lowest BCUT2D eigenvalue weighted by Crippen LogP contribution is -2.48. The second-order valence-electron chi connectivity index (χ2n) is 10.0. The van der Waals surface area contributed by atoms with Gasteiger partial charge in [-0.2, -0.15) is 5.10 Å². The molecule has 3 aromatic carbocycles. The Morgan fingerprint density at radius 2 is 1.62 bits per heavy atom. The quantitative estimate of drug-likeness (QED) is 0.273. The highest BCUT2D eigenvalue weighted by atomic mass is 16.5. The molecule has 0 N–H and O–H groups in total. The minimum Gasteiger partial charge on any atom is -0.486 e. The Bertz CT molecular complexity index is 1600. The van der Waals surface area contributed by atoms with Crippen LogP contribution in [0.15, 0.2) is 89.3 Å². The van der Waals surface area contributed by atoms with E-state index in [2.05, 4.69) is 43.0 Å². The third-order valence-electron chi connectivity index (χ3n) is 7.46. The molecular weight excluding hydrogens is 488 g/mol. The first-order chi connectivity index (χ1) is 19.0. The van der Waals surface area contributed by atoms with Crippen LogP contribution >= 0.6 is 0 Å². The lowest BCUT2D eigenvalue weighted by atomic mass is 10.1. The van der Waals surface area contributed by atoms with E-state index >= 15 is 0 Å². The molecule has 1 aliphatic rings. The summed E-state index contributed by atoms with van der Waals surface area (Å²) in [6, 6.07) is 28.0. The summed E-state index contributed by atoms with van der Waals surface area (Å²) in [6.07, 6.45) is 0. The van der Waals surface area contributed by atoms with E-state index in [0.29, 0.717) is 24.6 Å². The molecule has 3 heterocycles. The number of aryl methyl sites for hydroxylation is 1. The standard InChI is InChI=1S/C32H32N4O3/c1-23-30(24(2)36(33-23)27-10-4-3-5-11-27)21-34-16-18-35(19-17-34)32(37)31-15-14-29(39-31)22-38-28-13-12-25-8-6-7-9-26(25)20-28/h3-15,20H,16-19,21-22H2,1-2H3. The van der Waals surface area contributed by atoms with Crippen molar-refractivity contribution in [2.75, 3.05) is 26.2 Å². The van der Waals surface area contributed by atoms with Gasteiger partial charge in [-0.05, 0) is 61.0 Å². The molecule has 6 rings (SSSR count). The van der Waals surface area contributed by atoms with Gasteiger partial charge in [0.2, 0.25) is 0 Å². The van der Waals surface area contributed by atoms with Gasteiger partial charge in [0, 0.05) is 44.0 Å². The van der Waals surface area contributed by atoms with E-state index in [9.17, 15) is 4.79 Å². The SMILES string of the molecule is Cc1nn(-c2ccccc2)c(C)c1CN1CCN(C(=O)c2ccc(COc3ccc4ccccc4c3)o2)CC1. The molecule has 7 heteroatoms. The lowest BCUT2D eigenvalue weighted by molar-refractivity contribution is 0.0593. The smallest absolute Gasteiger partial charge is 0.289 e. The van der Waals surface area contributed by atoms with E-state index in [-0.39, 0.29) is 12.5 Å². The molecule has 7 nitrogen and oxygen atoms in total. The predicted octanol–water partition coefficient (Wildman–Crippen LogP) is 5.77. The molecule has 0 atom stereocenters. The molecule has 0 aliphatic carbocycles. The number of fused-ring (bicyclic) bond motifs is 1. The second kappa shape index (κ2) is 10.8. The Kier molecular flexibility index (Phi) is 6.90. The number of hydrogen-bond acceptors (Lipinski definition) is 5. The van der Waals surface area contributed by atoms with Gasteiger partial charge >= 0.3 is 0 Å². The highest BCUT2D eigenvalue weighted by Gasteiger charge is 2.25. The fraction of sp³-hybridized carbons (Fsp3) is 0.250. The van der Waals surface area contributed by atoms with Crippen LogP contribution in [0.2, 0.25) is 0 Å². The maximum atomic E-state index is 13.1. The molecule has 39 heavy (non-hydrogen) atoms. The zero-order chi connectivity index (χ0) is 26.8. The van der Waals surface area contributed by atoms with Crippen molar-refractivity contribution < 1.29 is 13.9 Å². The fourth-order valence-corrected chi connectivity index (χ4v) is 5.19. The molecule has 0 radical (unpaired) electrons.